The van der Waals surface area contributed by atoms with Crippen LogP contribution in [0.3, 0.4) is 0 Å². The van der Waals surface area contributed by atoms with E-state index in [0.29, 0.717) is 11.1 Å². The van der Waals surface area contributed by atoms with Gasteiger partial charge in [0.25, 0.3) is 5.91 Å². The number of hydrogen-bond acceptors (Lipinski definition) is 4. The first kappa shape index (κ1) is 15.5. The predicted octanol–water partition coefficient (Wildman–Crippen LogP) is 0.322. The van der Waals surface area contributed by atoms with E-state index in [2.05, 4.69) is 5.32 Å². The number of aromatic hydroxyl groups is 1. The smallest absolute Gasteiger partial charge is 0.251 e. The van der Waals surface area contributed by atoms with E-state index in [0.717, 1.165) is 4.31 Å². The fraction of sp³-hybridized carbons (Fsp3) is 0.417. The van der Waals surface area contributed by atoms with Gasteiger partial charge in [-0.2, -0.15) is 0 Å². The van der Waals surface area contributed by atoms with E-state index < -0.39 is 10.0 Å². The average molecular weight is 286 g/mol. The van der Waals surface area contributed by atoms with Crippen molar-refractivity contribution in [1.82, 2.24) is 9.62 Å². The Kier molecular flexibility index (Phi) is 4.90. The maximum atomic E-state index is 11.8. The summed E-state index contributed by atoms with van der Waals surface area (Å²) in [6.45, 7) is 1.74. The summed E-state index contributed by atoms with van der Waals surface area (Å²) in [6, 6.07) is 4.39. The molecule has 0 saturated heterocycles. The second-order valence-electron chi connectivity index (χ2n) is 4.35. The predicted molar refractivity (Wildman–Crippen MR) is 72.7 cm³/mol. The number of amides is 1. The van der Waals surface area contributed by atoms with Gasteiger partial charge in [-0.1, -0.05) is 0 Å². The number of aryl methyl sites for hydroxylation is 1. The molecule has 1 rings (SSSR count). The molecule has 0 aliphatic carbocycles. The van der Waals surface area contributed by atoms with E-state index in [1.54, 1.807) is 6.92 Å². The van der Waals surface area contributed by atoms with Gasteiger partial charge in [0, 0.05) is 26.2 Å². The Labute approximate surface area is 113 Å². The van der Waals surface area contributed by atoms with Crippen molar-refractivity contribution < 1.29 is 18.3 Å². The average Bonchev–Trinajstić information content (AvgIpc) is 2.28. The summed E-state index contributed by atoms with van der Waals surface area (Å²) >= 11 is 0. The van der Waals surface area contributed by atoms with Gasteiger partial charge < -0.3 is 10.4 Å². The molecule has 0 aliphatic heterocycles. The number of rotatable bonds is 5. The van der Waals surface area contributed by atoms with Gasteiger partial charge in [0.15, 0.2) is 0 Å². The van der Waals surface area contributed by atoms with E-state index in [-0.39, 0.29) is 24.0 Å². The Hall–Kier alpha value is -1.60. The summed E-state index contributed by atoms with van der Waals surface area (Å²) in [4.78, 5) is 11.8. The number of phenolic OH excluding ortho intramolecular Hbond substituents is 1. The van der Waals surface area contributed by atoms with Crippen LogP contribution in [0.5, 0.6) is 5.75 Å². The molecule has 0 unspecified atom stereocenters. The molecule has 19 heavy (non-hydrogen) atoms. The number of nitrogens with zero attached hydrogens (tertiary/aromatic N) is 1. The lowest BCUT2D eigenvalue weighted by Crippen LogP contribution is -2.34. The fourth-order valence-corrected chi connectivity index (χ4v) is 2.20. The van der Waals surface area contributed by atoms with Crippen molar-refractivity contribution in [1.29, 1.82) is 0 Å². The van der Waals surface area contributed by atoms with Gasteiger partial charge in [0.05, 0.1) is 5.75 Å². The monoisotopic (exact) mass is 286 g/mol. The van der Waals surface area contributed by atoms with Crippen molar-refractivity contribution in [3.63, 3.8) is 0 Å². The Morgan fingerprint density at radius 2 is 2.00 bits per heavy atom. The van der Waals surface area contributed by atoms with Gasteiger partial charge in [-0.05, 0) is 30.7 Å². The van der Waals surface area contributed by atoms with Gasteiger partial charge in [-0.25, -0.2) is 12.7 Å². The maximum absolute atomic E-state index is 11.8. The Balaban J connectivity index is 2.62. The van der Waals surface area contributed by atoms with Crippen LogP contribution in [0.25, 0.3) is 0 Å². The van der Waals surface area contributed by atoms with Gasteiger partial charge in [0.1, 0.15) is 5.75 Å². The Bertz CT molecular complexity index is 567. The molecule has 106 valence electrons. The van der Waals surface area contributed by atoms with Crippen LogP contribution in [0, 0.1) is 6.92 Å². The first-order chi connectivity index (χ1) is 8.74. The molecule has 7 heteroatoms. The lowest BCUT2D eigenvalue weighted by Gasteiger charge is -2.12. The molecule has 0 radical (unpaired) electrons. The van der Waals surface area contributed by atoms with Crippen LogP contribution in [0.4, 0.5) is 0 Å². The standard InChI is InChI=1S/C12H18N2O4S/c1-9-8-10(15)4-5-11(9)12(16)13-6-7-19(17,18)14(2)3/h4-5,8,15H,6-7H2,1-3H3,(H,13,16). The van der Waals surface area contributed by atoms with E-state index in [1.807, 2.05) is 0 Å². The van der Waals surface area contributed by atoms with Crippen molar-refractivity contribution in [3.05, 3.63) is 29.3 Å². The summed E-state index contributed by atoms with van der Waals surface area (Å²) in [7, 11) is -0.423. The van der Waals surface area contributed by atoms with Crippen molar-refractivity contribution in [2.45, 2.75) is 6.92 Å². The summed E-state index contributed by atoms with van der Waals surface area (Å²) in [5, 5.41) is 11.8. The van der Waals surface area contributed by atoms with Crippen LogP contribution in [-0.2, 0) is 10.0 Å². The molecular weight excluding hydrogens is 268 g/mol. The second-order valence-corrected chi connectivity index (χ2v) is 6.66. The second kappa shape index (κ2) is 6.03. The van der Waals surface area contributed by atoms with Gasteiger partial charge in [-0.3, -0.25) is 4.79 Å². The van der Waals surface area contributed by atoms with E-state index >= 15 is 0 Å². The molecule has 1 amide bonds. The van der Waals surface area contributed by atoms with Crippen LogP contribution in [-0.4, -0.2) is 50.1 Å². The molecular formula is C12H18N2O4S. The van der Waals surface area contributed by atoms with Crippen molar-refractivity contribution in [2.75, 3.05) is 26.4 Å². The van der Waals surface area contributed by atoms with Crippen LogP contribution < -0.4 is 5.32 Å². The molecule has 6 nitrogen and oxygen atoms in total. The van der Waals surface area contributed by atoms with Gasteiger partial charge in [-0.15, -0.1) is 0 Å². The largest absolute Gasteiger partial charge is 0.508 e. The number of carbonyl (C=O) groups is 1. The van der Waals surface area contributed by atoms with Gasteiger partial charge in [0.2, 0.25) is 10.0 Å². The Morgan fingerprint density at radius 3 is 2.53 bits per heavy atom. The highest BCUT2D eigenvalue weighted by molar-refractivity contribution is 7.89. The minimum Gasteiger partial charge on any atom is -0.508 e. The summed E-state index contributed by atoms with van der Waals surface area (Å²) in [5.74, 6) is -0.418. The third-order valence-corrected chi connectivity index (χ3v) is 4.49. The van der Waals surface area contributed by atoms with Crippen molar-refractivity contribution in [2.24, 2.45) is 0 Å². The van der Waals surface area contributed by atoms with Crippen LogP contribution in [0.1, 0.15) is 15.9 Å². The first-order valence-corrected chi connectivity index (χ1v) is 7.33. The van der Waals surface area contributed by atoms with Crippen LogP contribution in [0.15, 0.2) is 18.2 Å². The quantitative estimate of drug-likeness (QED) is 0.816. The molecule has 0 atom stereocenters. The summed E-state index contributed by atoms with van der Waals surface area (Å²) < 4.78 is 24.1. The fourth-order valence-electron chi connectivity index (χ4n) is 1.47. The molecule has 0 heterocycles. The zero-order chi connectivity index (χ0) is 14.6. The topological polar surface area (TPSA) is 86.7 Å². The zero-order valence-corrected chi connectivity index (χ0v) is 12.0. The van der Waals surface area contributed by atoms with E-state index in [9.17, 15) is 18.3 Å². The SMILES string of the molecule is Cc1cc(O)ccc1C(=O)NCCS(=O)(=O)N(C)C. The molecule has 0 saturated carbocycles. The van der Waals surface area contributed by atoms with E-state index in [1.165, 1.54) is 32.3 Å². The molecule has 0 aromatic heterocycles. The van der Waals surface area contributed by atoms with Crippen molar-refractivity contribution >= 4 is 15.9 Å². The number of sulfonamides is 1. The molecule has 2 N–H and O–H groups in total. The molecule has 0 spiro atoms. The minimum absolute atomic E-state index is 0.0413. The minimum atomic E-state index is -3.31. The lowest BCUT2D eigenvalue weighted by atomic mass is 10.1. The van der Waals surface area contributed by atoms with E-state index in [4.69, 9.17) is 0 Å². The number of phenols is 1. The van der Waals surface area contributed by atoms with Crippen LogP contribution in [0.2, 0.25) is 0 Å². The lowest BCUT2D eigenvalue weighted by molar-refractivity contribution is 0.0955. The first-order valence-electron chi connectivity index (χ1n) is 5.72. The highest BCUT2D eigenvalue weighted by atomic mass is 32.2. The normalized spacial score (nSPS) is 11.6. The number of hydrogen-bond donors (Lipinski definition) is 2. The Morgan fingerprint density at radius 1 is 1.37 bits per heavy atom. The third-order valence-electron chi connectivity index (χ3n) is 2.66. The molecule has 1 aromatic rings. The highest BCUT2D eigenvalue weighted by Gasteiger charge is 2.14. The molecule has 0 fully saturated rings. The summed E-state index contributed by atoms with van der Waals surface area (Å²) in [5.41, 5.74) is 1.05. The zero-order valence-electron chi connectivity index (χ0n) is 11.2. The number of nitrogens with one attached hydrogen (secondary N) is 1. The number of benzene rings is 1. The maximum Gasteiger partial charge on any atom is 0.251 e. The van der Waals surface area contributed by atoms with Crippen molar-refractivity contribution in [3.8, 4) is 5.75 Å². The molecule has 0 bridgehead atoms. The van der Waals surface area contributed by atoms with Gasteiger partial charge >= 0.3 is 0 Å². The number of carbonyl (C=O) groups excluding carboxylic acids is 1. The highest BCUT2D eigenvalue weighted by Crippen LogP contribution is 2.15. The summed E-state index contributed by atoms with van der Waals surface area (Å²) in [6.07, 6.45) is 0. The van der Waals surface area contributed by atoms with Crippen LogP contribution >= 0.6 is 0 Å². The third kappa shape index (κ3) is 4.22. The molecule has 0 aliphatic rings. The molecule has 1 aromatic carbocycles.